The molecular formula is C14H16N2O. The Morgan fingerprint density at radius 3 is 2.65 bits per heavy atom. The van der Waals surface area contributed by atoms with Crippen LogP contribution < -0.4 is 11.1 Å². The second kappa shape index (κ2) is 4.97. The zero-order valence-electron chi connectivity index (χ0n) is 9.81. The molecule has 0 heterocycles. The Balaban J connectivity index is 2.12. The van der Waals surface area contributed by atoms with Crippen LogP contribution in [0.1, 0.15) is 12.5 Å². The lowest BCUT2D eigenvalue weighted by Crippen LogP contribution is -2.37. The molecule has 0 aliphatic carbocycles. The Bertz CT molecular complexity index is 534. The fraction of sp³-hybridized carbons (Fsp3) is 0.214. The van der Waals surface area contributed by atoms with E-state index in [1.54, 1.807) is 6.92 Å². The molecule has 2 aromatic rings. The van der Waals surface area contributed by atoms with Gasteiger partial charge in [-0.3, -0.25) is 4.79 Å². The lowest BCUT2D eigenvalue weighted by Gasteiger charge is -2.08. The molecule has 0 fully saturated rings. The summed E-state index contributed by atoms with van der Waals surface area (Å²) >= 11 is 0. The van der Waals surface area contributed by atoms with Gasteiger partial charge in [0.2, 0.25) is 5.91 Å². The van der Waals surface area contributed by atoms with Crippen molar-refractivity contribution in [3.05, 3.63) is 48.0 Å². The topological polar surface area (TPSA) is 55.1 Å². The van der Waals surface area contributed by atoms with Gasteiger partial charge in [0, 0.05) is 6.54 Å². The van der Waals surface area contributed by atoms with E-state index >= 15 is 0 Å². The second-order valence-electron chi connectivity index (χ2n) is 4.19. The molecule has 3 N–H and O–H groups in total. The summed E-state index contributed by atoms with van der Waals surface area (Å²) in [6.07, 6.45) is 0. The van der Waals surface area contributed by atoms with Crippen LogP contribution in [-0.2, 0) is 11.3 Å². The Morgan fingerprint density at radius 2 is 1.94 bits per heavy atom. The molecule has 0 aliphatic rings. The quantitative estimate of drug-likeness (QED) is 0.841. The van der Waals surface area contributed by atoms with Crippen LogP contribution in [0.3, 0.4) is 0 Å². The Kier molecular flexibility index (Phi) is 3.40. The summed E-state index contributed by atoms with van der Waals surface area (Å²) < 4.78 is 0. The Hall–Kier alpha value is -1.87. The van der Waals surface area contributed by atoms with Gasteiger partial charge in [0.05, 0.1) is 6.04 Å². The van der Waals surface area contributed by atoms with E-state index in [0.29, 0.717) is 6.54 Å². The van der Waals surface area contributed by atoms with Crippen molar-refractivity contribution < 1.29 is 4.79 Å². The third-order valence-corrected chi connectivity index (χ3v) is 2.69. The third-order valence-electron chi connectivity index (χ3n) is 2.69. The minimum Gasteiger partial charge on any atom is -0.351 e. The fourth-order valence-electron chi connectivity index (χ4n) is 1.70. The van der Waals surface area contributed by atoms with Gasteiger partial charge in [0.1, 0.15) is 0 Å². The van der Waals surface area contributed by atoms with Gasteiger partial charge >= 0.3 is 0 Å². The number of hydrogen-bond donors (Lipinski definition) is 2. The van der Waals surface area contributed by atoms with Crippen molar-refractivity contribution in [2.45, 2.75) is 19.5 Å². The Labute approximate surface area is 101 Å². The van der Waals surface area contributed by atoms with E-state index in [4.69, 9.17) is 5.73 Å². The standard InChI is InChI=1S/C14H16N2O/c1-10(15)14(17)16-9-11-6-7-12-4-2-3-5-13(12)8-11/h2-8,10H,9,15H2,1H3,(H,16,17). The maximum absolute atomic E-state index is 11.3. The molecule has 0 aliphatic heterocycles. The summed E-state index contributed by atoms with van der Waals surface area (Å²) in [5, 5.41) is 5.18. The van der Waals surface area contributed by atoms with E-state index in [-0.39, 0.29) is 5.91 Å². The van der Waals surface area contributed by atoms with Crippen molar-refractivity contribution in [3.8, 4) is 0 Å². The molecule has 88 valence electrons. The SMILES string of the molecule is CC(N)C(=O)NCc1ccc2ccccc2c1. The average molecular weight is 228 g/mol. The first kappa shape index (κ1) is 11.6. The summed E-state index contributed by atoms with van der Waals surface area (Å²) in [6.45, 7) is 2.20. The molecule has 0 bridgehead atoms. The van der Waals surface area contributed by atoms with Crippen molar-refractivity contribution in [1.82, 2.24) is 5.32 Å². The van der Waals surface area contributed by atoms with E-state index < -0.39 is 6.04 Å². The van der Waals surface area contributed by atoms with Crippen LogP contribution in [0.25, 0.3) is 10.8 Å². The molecule has 1 amide bonds. The molecule has 0 saturated heterocycles. The number of hydrogen-bond acceptors (Lipinski definition) is 2. The number of nitrogens with one attached hydrogen (secondary N) is 1. The highest BCUT2D eigenvalue weighted by atomic mass is 16.2. The van der Waals surface area contributed by atoms with Crippen molar-refractivity contribution in [3.63, 3.8) is 0 Å². The molecule has 3 heteroatoms. The maximum Gasteiger partial charge on any atom is 0.236 e. The van der Waals surface area contributed by atoms with Crippen LogP contribution in [0.2, 0.25) is 0 Å². The van der Waals surface area contributed by atoms with Crippen LogP contribution in [-0.4, -0.2) is 11.9 Å². The number of benzene rings is 2. The lowest BCUT2D eigenvalue weighted by molar-refractivity contribution is -0.122. The molecule has 2 rings (SSSR count). The maximum atomic E-state index is 11.3. The largest absolute Gasteiger partial charge is 0.351 e. The van der Waals surface area contributed by atoms with Crippen LogP contribution in [0.5, 0.6) is 0 Å². The first-order valence-corrected chi connectivity index (χ1v) is 5.68. The smallest absolute Gasteiger partial charge is 0.236 e. The minimum atomic E-state index is -0.463. The molecular weight excluding hydrogens is 212 g/mol. The van der Waals surface area contributed by atoms with Gasteiger partial charge in [-0.25, -0.2) is 0 Å². The molecule has 0 saturated carbocycles. The number of carbonyl (C=O) groups excluding carboxylic acids is 1. The molecule has 1 atom stereocenters. The molecule has 0 radical (unpaired) electrons. The molecule has 17 heavy (non-hydrogen) atoms. The summed E-state index contributed by atoms with van der Waals surface area (Å²) in [5.41, 5.74) is 6.56. The van der Waals surface area contributed by atoms with Crippen LogP contribution >= 0.6 is 0 Å². The van der Waals surface area contributed by atoms with Gasteiger partial charge in [-0.15, -0.1) is 0 Å². The fourth-order valence-corrected chi connectivity index (χ4v) is 1.70. The highest BCUT2D eigenvalue weighted by Gasteiger charge is 2.06. The van der Waals surface area contributed by atoms with Gasteiger partial charge in [0.25, 0.3) is 0 Å². The van der Waals surface area contributed by atoms with E-state index in [0.717, 1.165) is 5.56 Å². The van der Waals surface area contributed by atoms with Gasteiger partial charge in [-0.2, -0.15) is 0 Å². The predicted octanol–water partition coefficient (Wildman–Crippen LogP) is 1.80. The number of carbonyl (C=O) groups is 1. The van der Waals surface area contributed by atoms with Crippen molar-refractivity contribution in [1.29, 1.82) is 0 Å². The van der Waals surface area contributed by atoms with Gasteiger partial charge in [0.15, 0.2) is 0 Å². The second-order valence-corrected chi connectivity index (χ2v) is 4.19. The predicted molar refractivity (Wildman–Crippen MR) is 69.4 cm³/mol. The number of fused-ring (bicyclic) bond motifs is 1. The monoisotopic (exact) mass is 228 g/mol. The van der Waals surface area contributed by atoms with Crippen molar-refractivity contribution in [2.24, 2.45) is 5.73 Å². The third kappa shape index (κ3) is 2.82. The molecule has 2 aromatic carbocycles. The van der Waals surface area contributed by atoms with E-state index in [2.05, 4.69) is 29.6 Å². The highest BCUT2D eigenvalue weighted by Crippen LogP contribution is 2.15. The zero-order valence-corrected chi connectivity index (χ0v) is 9.81. The van der Waals surface area contributed by atoms with Crippen LogP contribution in [0.4, 0.5) is 0 Å². The number of rotatable bonds is 3. The first-order chi connectivity index (χ1) is 8.16. The van der Waals surface area contributed by atoms with Gasteiger partial charge in [-0.05, 0) is 29.3 Å². The van der Waals surface area contributed by atoms with Gasteiger partial charge < -0.3 is 11.1 Å². The molecule has 3 nitrogen and oxygen atoms in total. The summed E-state index contributed by atoms with van der Waals surface area (Å²) in [4.78, 5) is 11.3. The van der Waals surface area contributed by atoms with Crippen molar-refractivity contribution in [2.75, 3.05) is 0 Å². The minimum absolute atomic E-state index is 0.127. The zero-order chi connectivity index (χ0) is 12.3. The summed E-state index contributed by atoms with van der Waals surface area (Å²) in [5.74, 6) is -0.127. The molecule has 0 spiro atoms. The van der Waals surface area contributed by atoms with Crippen LogP contribution in [0.15, 0.2) is 42.5 Å². The molecule has 1 unspecified atom stereocenters. The van der Waals surface area contributed by atoms with E-state index in [9.17, 15) is 4.79 Å². The number of nitrogens with two attached hydrogens (primary N) is 1. The summed E-state index contributed by atoms with van der Waals surface area (Å²) in [7, 11) is 0. The van der Waals surface area contributed by atoms with E-state index in [1.807, 2.05) is 18.2 Å². The normalized spacial score (nSPS) is 12.4. The first-order valence-electron chi connectivity index (χ1n) is 5.68. The highest BCUT2D eigenvalue weighted by molar-refractivity contribution is 5.83. The lowest BCUT2D eigenvalue weighted by atomic mass is 10.1. The van der Waals surface area contributed by atoms with Crippen molar-refractivity contribution >= 4 is 16.7 Å². The van der Waals surface area contributed by atoms with Gasteiger partial charge in [-0.1, -0.05) is 36.4 Å². The average Bonchev–Trinajstić information content (AvgIpc) is 2.35. The van der Waals surface area contributed by atoms with Crippen LogP contribution in [0, 0.1) is 0 Å². The number of amides is 1. The molecule has 0 aromatic heterocycles. The Morgan fingerprint density at radius 1 is 1.24 bits per heavy atom. The van der Waals surface area contributed by atoms with E-state index in [1.165, 1.54) is 10.8 Å². The summed E-state index contributed by atoms with van der Waals surface area (Å²) in [6, 6.07) is 13.8.